The van der Waals surface area contributed by atoms with Gasteiger partial charge in [0, 0.05) is 6.61 Å². The van der Waals surface area contributed by atoms with E-state index in [1.807, 2.05) is 0 Å². The number of hydrogen-bond acceptors (Lipinski definition) is 2. The van der Waals surface area contributed by atoms with E-state index in [0.717, 1.165) is 24.8 Å². The van der Waals surface area contributed by atoms with E-state index in [2.05, 4.69) is 30.3 Å². The minimum absolute atomic E-state index is 0.113. The fourth-order valence-corrected chi connectivity index (χ4v) is 2.72. The van der Waals surface area contributed by atoms with Crippen LogP contribution in [-0.4, -0.2) is 11.7 Å². The maximum Gasteiger partial charge on any atom is 0.0693 e. The Morgan fingerprint density at radius 2 is 1.71 bits per heavy atom. The Hall–Kier alpha value is -1.33. The van der Waals surface area contributed by atoms with Gasteiger partial charge in [-0.1, -0.05) is 37.1 Å². The highest BCUT2D eigenvalue weighted by Gasteiger charge is 2.33. The molecule has 0 unspecified atom stereocenters. The summed E-state index contributed by atoms with van der Waals surface area (Å²) < 4.78 is 0. The van der Waals surface area contributed by atoms with Gasteiger partial charge in [0.2, 0.25) is 0 Å². The van der Waals surface area contributed by atoms with Crippen LogP contribution in [0.1, 0.15) is 36.8 Å². The van der Waals surface area contributed by atoms with Crippen molar-refractivity contribution in [1.82, 2.24) is 0 Å². The Morgan fingerprint density at radius 1 is 1.12 bits per heavy atom. The van der Waals surface area contributed by atoms with E-state index in [0.29, 0.717) is 6.42 Å². The molecule has 2 rings (SSSR count). The van der Waals surface area contributed by atoms with Crippen LogP contribution in [0.2, 0.25) is 0 Å². The molecular weight excluding hydrogens is 210 g/mol. The average Bonchev–Trinajstić information content (AvgIpc) is 2.81. The molecule has 1 aliphatic rings. The normalized spacial score (nSPS) is 17.9. The summed E-state index contributed by atoms with van der Waals surface area (Å²) in [6.45, 7) is 0.196. The van der Waals surface area contributed by atoms with Crippen LogP contribution < -0.4 is 0 Å². The van der Waals surface area contributed by atoms with Gasteiger partial charge in [-0.2, -0.15) is 5.26 Å². The molecule has 1 aromatic carbocycles. The van der Waals surface area contributed by atoms with E-state index in [1.54, 1.807) is 0 Å². The van der Waals surface area contributed by atoms with Gasteiger partial charge in [0.15, 0.2) is 0 Å². The molecule has 1 saturated carbocycles. The summed E-state index contributed by atoms with van der Waals surface area (Å²) in [6, 6.07) is 10.8. The largest absolute Gasteiger partial charge is 0.396 e. The number of hydrogen-bond donors (Lipinski definition) is 1. The van der Waals surface area contributed by atoms with Gasteiger partial charge >= 0.3 is 0 Å². The first-order valence-corrected chi connectivity index (χ1v) is 6.38. The van der Waals surface area contributed by atoms with Crippen LogP contribution in [0.15, 0.2) is 24.3 Å². The van der Waals surface area contributed by atoms with Gasteiger partial charge < -0.3 is 5.11 Å². The SMILES string of the molecule is N#CC1(Cc2ccc(CCO)cc2)CCCC1. The second kappa shape index (κ2) is 5.33. The van der Waals surface area contributed by atoms with E-state index in [4.69, 9.17) is 5.11 Å². The molecule has 0 atom stereocenters. The molecule has 2 nitrogen and oxygen atoms in total. The third-order valence-electron chi connectivity index (χ3n) is 3.76. The van der Waals surface area contributed by atoms with Gasteiger partial charge in [-0.25, -0.2) is 0 Å². The quantitative estimate of drug-likeness (QED) is 0.862. The highest BCUT2D eigenvalue weighted by atomic mass is 16.2. The number of aliphatic hydroxyl groups is 1. The first-order chi connectivity index (χ1) is 8.28. The predicted octanol–water partition coefficient (Wildman–Crippen LogP) is 2.85. The minimum atomic E-state index is -0.113. The van der Waals surface area contributed by atoms with Crippen molar-refractivity contribution in [3.8, 4) is 6.07 Å². The van der Waals surface area contributed by atoms with Crippen molar-refractivity contribution >= 4 is 0 Å². The summed E-state index contributed by atoms with van der Waals surface area (Å²) in [4.78, 5) is 0. The third kappa shape index (κ3) is 2.87. The molecule has 0 bridgehead atoms. The van der Waals surface area contributed by atoms with Crippen molar-refractivity contribution in [2.75, 3.05) is 6.61 Å². The predicted molar refractivity (Wildman–Crippen MR) is 67.4 cm³/mol. The fourth-order valence-electron chi connectivity index (χ4n) is 2.72. The molecule has 1 N–H and O–H groups in total. The van der Waals surface area contributed by atoms with Crippen LogP contribution in [0, 0.1) is 16.7 Å². The smallest absolute Gasteiger partial charge is 0.0693 e. The zero-order valence-corrected chi connectivity index (χ0v) is 10.2. The monoisotopic (exact) mass is 229 g/mol. The number of nitriles is 1. The molecule has 0 amide bonds. The van der Waals surface area contributed by atoms with E-state index in [1.165, 1.54) is 18.4 Å². The lowest BCUT2D eigenvalue weighted by molar-refractivity contribution is 0.299. The maximum atomic E-state index is 9.33. The van der Waals surface area contributed by atoms with Crippen LogP contribution in [0.4, 0.5) is 0 Å². The molecule has 0 aromatic heterocycles. The van der Waals surface area contributed by atoms with Crippen molar-refractivity contribution in [3.05, 3.63) is 35.4 Å². The van der Waals surface area contributed by atoms with Crippen molar-refractivity contribution < 1.29 is 5.11 Å². The van der Waals surface area contributed by atoms with Crippen LogP contribution in [0.25, 0.3) is 0 Å². The summed E-state index contributed by atoms with van der Waals surface area (Å²) >= 11 is 0. The Morgan fingerprint density at radius 3 is 2.24 bits per heavy atom. The number of benzene rings is 1. The van der Waals surface area contributed by atoms with Crippen molar-refractivity contribution in [2.24, 2.45) is 5.41 Å². The lowest BCUT2D eigenvalue weighted by atomic mass is 9.81. The highest BCUT2D eigenvalue weighted by molar-refractivity contribution is 5.25. The molecule has 1 aromatic rings. The molecule has 2 heteroatoms. The standard InChI is InChI=1S/C15H19NO/c16-12-15(8-1-2-9-15)11-14-5-3-13(4-6-14)7-10-17/h3-6,17H,1-2,7-11H2. The minimum Gasteiger partial charge on any atom is -0.396 e. The fraction of sp³-hybridized carbons (Fsp3) is 0.533. The first-order valence-electron chi connectivity index (χ1n) is 6.38. The van der Waals surface area contributed by atoms with Gasteiger partial charge in [0.25, 0.3) is 0 Å². The Labute approximate surface area is 103 Å². The molecule has 17 heavy (non-hydrogen) atoms. The Balaban J connectivity index is 2.05. The topological polar surface area (TPSA) is 44.0 Å². The zero-order valence-electron chi connectivity index (χ0n) is 10.2. The number of rotatable bonds is 4. The summed E-state index contributed by atoms with van der Waals surface area (Å²) in [6.07, 6.45) is 6.06. The summed E-state index contributed by atoms with van der Waals surface area (Å²) in [5.74, 6) is 0. The van der Waals surface area contributed by atoms with Gasteiger partial charge in [0.05, 0.1) is 11.5 Å². The molecule has 1 aliphatic carbocycles. The molecule has 0 aliphatic heterocycles. The van der Waals surface area contributed by atoms with Crippen LogP contribution in [0.3, 0.4) is 0 Å². The van der Waals surface area contributed by atoms with Gasteiger partial charge in [-0.05, 0) is 36.8 Å². The maximum absolute atomic E-state index is 9.33. The molecule has 1 fully saturated rings. The molecule has 0 heterocycles. The molecule has 90 valence electrons. The van der Waals surface area contributed by atoms with Crippen LogP contribution in [-0.2, 0) is 12.8 Å². The van der Waals surface area contributed by atoms with Crippen molar-refractivity contribution in [3.63, 3.8) is 0 Å². The second-order valence-electron chi connectivity index (χ2n) is 5.07. The summed E-state index contributed by atoms with van der Waals surface area (Å²) in [5.41, 5.74) is 2.29. The zero-order chi connectivity index (χ0) is 12.1. The summed E-state index contributed by atoms with van der Waals surface area (Å²) in [5, 5.41) is 18.2. The number of nitrogens with zero attached hydrogens (tertiary/aromatic N) is 1. The van der Waals surface area contributed by atoms with Gasteiger partial charge in [-0.15, -0.1) is 0 Å². The van der Waals surface area contributed by atoms with E-state index in [9.17, 15) is 5.26 Å². The third-order valence-corrected chi connectivity index (χ3v) is 3.76. The molecular formula is C15H19NO. The van der Waals surface area contributed by atoms with E-state index < -0.39 is 0 Å². The van der Waals surface area contributed by atoms with E-state index >= 15 is 0 Å². The van der Waals surface area contributed by atoms with Crippen LogP contribution >= 0.6 is 0 Å². The Bertz CT molecular complexity index is 396. The van der Waals surface area contributed by atoms with Crippen molar-refractivity contribution in [1.29, 1.82) is 5.26 Å². The van der Waals surface area contributed by atoms with Crippen LogP contribution in [0.5, 0.6) is 0 Å². The molecule has 0 radical (unpaired) electrons. The highest BCUT2D eigenvalue weighted by Crippen LogP contribution is 2.40. The molecule has 0 spiro atoms. The average molecular weight is 229 g/mol. The van der Waals surface area contributed by atoms with Gasteiger partial charge in [0.1, 0.15) is 0 Å². The van der Waals surface area contributed by atoms with Gasteiger partial charge in [-0.3, -0.25) is 0 Å². The second-order valence-corrected chi connectivity index (χ2v) is 5.07. The summed E-state index contributed by atoms with van der Waals surface area (Å²) in [7, 11) is 0. The molecule has 0 saturated heterocycles. The lowest BCUT2D eigenvalue weighted by Gasteiger charge is -2.20. The lowest BCUT2D eigenvalue weighted by Crippen LogP contribution is -2.16. The van der Waals surface area contributed by atoms with Crippen molar-refractivity contribution in [2.45, 2.75) is 38.5 Å². The number of aliphatic hydroxyl groups excluding tert-OH is 1. The Kier molecular flexibility index (Phi) is 3.81. The first kappa shape index (κ1) is 12.1. The van der Waals surface area contributed by atoms with E-state index in [-0.39, 0.29) is 12.0 Å².